The van der Waals surface area contributed by atoms with Crippen LogP contribution in [-0.2, 0) is 4.79 Å². The number of hydrogen-bond acceptors (Lipinski definition) is 3. The number of carbonyl (C=O) groups is 2. The van der Waals surface area contributed by atoms with Crippen molar-refractivity contribution >= 4 is 17.6 Å². The van der Waals surface area contributed by atoms with Gasteiger partial charge in [0.1, 0.15) is 0 Å². The Morgan fingerprint density at radius 3 is 3.09 bits per heavy atom. The van der Waals surface area contributed by atoms with Crippen LogP contribution in [0.1, 0.15) is 0 Å². The normalized spacial score (nSPS) is 21.5. The first-order valence-electron chi connectivity index (χ1n) is 3.14. The predicted molar refractivity (Wildman–Crippen MR) is 37.1 cm³/mol. The Bertz CT molecular complexity index is 303. The summed E-state index contributed by atoms with van der Waals surface area (Å²) in [6.07, 6.45) is 1.56. The Morgan fingerprint density at radius 2 is 2.27 bits per heavy atom. The van der Waals surface area contributed by atoms with Crippen LogP contribution in [0.4, 0.5) is 4.79 Å². The summed E-state index contributed by atoms with van der Waals surface area (Å²) in [7, 11) is 0. The highest BCUT2D eigenvalue weighted by Crippen LogP contribution is 2.07. The lowest BCUT2D eigenvalue weighted by molar-refractivity contribution is -0.116. The van der Waals surface area contributed by atoms with Crippen LogP contribution < -0.4 is 10.6 Å². The number of urea groups is 1. The van der Waals surface area contributed by atoms with Gasteiger partial charge in [-0.15, -0.1) is 0 Å². The van der Waals surface area contributed by atoms with Crippen molar-refractivity contribution in [1.82, 2.24) is 10.6 Å². The molecule has 0 aromatic carbocycles. The number of aliphatic imine (C=N–C) groups is 1. The summed E-state index contributed by atoms with van der Waals surface area (Å²) >= 11 is 0. The van der Waals surface area contributed by atoms with Crippen molar-refractivity contribution in [1.29, 1.82) is 0 Å². The molecule has 56 valence electrons. The van der Waals surface area contributed by atoms with E-state index in [9.17, 15) is 9.59 Å². The first kappa shape index (κ1) is 6.09. The Morgan fingerprint density at radius 1 is 1.45 bits per heavy atom. The third-order valence-corrected chi connectivity index (χ3v) is 1.53. The molecule has 0 aromatic rings. The largest absolute Gasteiger partial charge is 0.385 e. The Balaban J connectivity index is 2.47. The summed E-state index contributed by atoms with van der Waals surface area (Å²) in [5, 5.41) is 4.89. The zero-order valence-corrected chi connectivity index (χ0v) is 5.55. The fourth-order valence-corrected chi connectivity index (χ4v) is 1.04. The summed E-state index contributed by atoms with van der Waals surface area (Å²) < 4.78 is 0. The molecule has 0 spiro atoms. The molecule has 3 amide bonds. The molecule has 0 saturated heterocycles. The standard InChI is InChI=1S/C6H5N3O2/c10-5-3-1-7-2-4(3)8-6(11)9-5/h1,7H,2H2,(H,9,10,11). The van der Waals surface area contributed by atoms with Crippen LogP contribution in [0.5, 0.6) is 0 Å². The van der Waals surface area contributed by atoms with E-state index in [1.807, 2.05) is 0 Å². The quantitative estimate of drug-likeness (QED) is 0.474. The molecule has 0 radical (unpaired) electrons. The van der Waals surface area contributed by atoms with Gasteiger partial charge < -0.3 is 5.32 Å². The van der Waals surface area contributed by atoms with E-state index in [1.165, 1.54) is 0 Å². The van der Waals surface area contributed by atoms with Gasteiger partial charge in [0.05, 0.1) is 17.8 Å². The van der Waals surface area contributed by atoms with Gasteiger partial charge in [-0.05, 0) is 0 Å². The van der Waals surface area contributed by atoms with Crippen molar-refractivity contribution < 1.29 is 9.59 Å². The molecular formula is C6H5N3O2. The highest BCUT2D eigenvalue weighted by Gasteiger charge is 2.26. The number of imide groups is 1. The molecule has 0 saturated carbocycles. The van der Waals surface area contributed by atoms with E-state index in [1.54, 1.807) is 6.20 Å². The van der Waals surface area contributed by atoms with Gasteiger partial charge >= 0.3 is 6.03 Å². The van der Waals surface area contributed by atoms with E-state index < -0.39 is 6.03 Å². The number of hydrogen-bond donors (Lipinski definition) is 2. The highest BCUT2D eigenvalue weighted by atomic mass is 16.2. The molecule has 2 rings (SSSR count). The van der Waals surface area contributed by atoms with Crippen LogP contribution in [0.2, 0.25) is 0 Å². The van der Waals surface area contributed by atoms with E-state index in [-0.39, 0.29) is 5.91 Å². The van der Waals surface area contributed by atoms with Crippen molar-refractivity contribution in [3.05, 3.63) is 11.8 Å². The van der Waals surface area contributed by atoms with E-state index >= 15 is 0 Å². The maximum atomic E-state index is 11.0. The molecule has 0 fully saturated rings. The molecule has 2 N–H and O–H groups in total. The van der Waals surface area contributed by atoms with Crippen LogP contribution >= 0.6 is 0 Å². The number of nitrogens with one attached hydrogen (secondary N) is 2. The number of amides is 3. The monoisotopic (exact) mass is 151 g/mol. The first-order chi connectivity index (χ1) is 5.27. The zero-order chi connectivity index (χ0) is 7.84. The minimum atomic E-state index is -0.578. The van der Waals surface area contributed by atoms with Crippen LogP contribution in [-0.4, -0.2) is 24.2 Å². The number of carbonyl (C=O) groups excluding carboxylic acids is 2. The predicted octanol–water partition coefficient (Wildman–Crippen LogP) is -0.836. The maximum absolute atomic E-state index is 11.0. The number of rotatable bonds is 0. The smallest absolute Gasteiger partial charge is 0.348 e. The SMILES string of the molecule is O=C1N=C2CNC=C2C(=O)N1. The van der Waals surface area contributed by atoms with Gasteiger partial charge in [0.2, 0.25) is 0 Å². The second-order valence-corrected chi connectivity index (χ2v) is 2.26. The summed E-state index contributed by atoms with van der Waals surface area (Å²) in [5.41, 5.74) is 0.989. The molecule has 2 aliphatic rings. The van der Waals surface area contributed by atoms with Crippen LogP contribution in [0.3, 0.4) is 0 Å². The van der Waals surface area contributed by atoms with Crippen molar-refractivity contribution in [3.8, 4) is 0 Å². The summed E-state index contributed by atoms with van der Waals surface area (Å²) in [6, 6.07) is -0.578. The third-order valence-electron chi connectivity index (χ3n) is 1.53. The second-order valence-electron chi connectivity index (χ2n) is 2.26. The molecule has 11 heavy (non-hydrogen) atoms. The second kappa shape index (κ2) is 1.91. The van der Waals surface area contributed by atoms with Gasteiger partial charge in [0, 0.05) is 6.20 Å². The molecule has 5 nitrogen and oxygen atoms in total. The van der Waals surface area contributed by atoms with Crippen molar-refractivity contribution in [2.24, 2.45) is 4.99 Å². The Kier molecular flexibility index (Phi) is 1.06. The van der Waals surface area contributed by atoms with Gasteiger partial charge in [-0.25, -0.2) is 4.79 Å². The topological polar surface area (TPSA) is 70.6 Å². The molecule has 2 aliphatic heterocycles. The molecule has 0 atom stereocenters. The van der Waals surface area contributed by atoms with E-state index in [2.05, 4.69) is 15.6 Å². The summed E-state index contributed by atoms with van der Waals surface area (Å²) in [4.78, 5) is 25.2. The first-order valence-corrected chi connectivity index (χ1v) is 3.14. The fourth-order valence-electron chi connectivity index (χ4n) is 1.04. The summed E-state index contributed by atoms with van der Waals surface area (Å²) in [6.45, 7) is 0.467. The van der Waals surface area contributed by atoms with Crippen LogP contribution in [0.25, 0.3) is 0 Å². The summed E-state index contributed by atoms with van der Waals surface area (Å²) in [5.74, 6) is -0.370. The molecule has 0 unspecified atom stereocenters. The number of nitrogens with zero attached hydrogens (tertiary/aromatic N) is 1. The number of fused-ring (bicyclic) bond motifs is 1. The van der Waals surface area contributed by atoms with Gasteiger partial charge in [-0.3, -0.25) is 10.1 Å². The van der Waals surface area contributed by atoms with Crippen molar-refractivity contribution in [3.63, 3.8) is 0 Å². The van der Waals surface area contributed by atoms with Crippen molar-refractivity contribution in [2.75, 3.05) is 6.54 Å². The maximum Gasteiger partial charge on any atom is 0.348 e. The Labute approximate surface area is 62.2 Å². The lowest BCUT2D eigenvalue weighted by Gasteiger charge is -2.07. The third kappa shape index (κ3) is 0.813. The van der Waals surface area contributed by atoms with Gasteiger partial charge in [-0.1, -0.05) is 0 Å². The van der Waals surface area contributed by atoms with Crippen LogP contribution in [0, 0.1) is 0 Å². The molecule has 0 aromatic heterocycles. The van der Waals surface area contributed by atoms with E-state index in [4.69, 9.17) is 0 Å². The van der Waals surface area contributed by atoms with Crippen LogP contribution in [0.15, 0.2) is 16.8 Å². The average Bonchev–Trinajstić information content (AvgIpc) is 2.34. The molecule has 5 heteroatoms. The van der Waals surface area contributed by atoms with E-state index in [0.717, 1.165) is 0 Å². The fraction of sp³-hybridized carbons (Fsp3) is 0.167. The minimum absolute atomic E-state index is 0.370. The zero-order valence-electron chi connectivity index (χ0n) is 5.55. The van der Waals surface area contributed by atoms with E-state index in [0.29, 0.717) is 17.8 Å². The van der Waals surface area contributed by atoms with Gasteiger partial charge in [-0.2, -0.15) is 4.99 Å². The molecule has 0 aliphatic carbocycles. The molecule has 2 heterocycles. The van der Waals surface area contributed by atoms with Gasteiger partial charge in [0.15, 0.2) is 0 Å². The lowest BCUT2D eigenvalue weighted by atomic mass is 10.2. The molecular weight excluding hydrogens is 146 g/mol. The minimum Gasteiger partial charge on any atom is -0.385 e. The van der Waals surface area contributed by atoms with Gasteiger partial charge in [0.25, 0.3) is 5.91 Å². The molecule has 0 bridgehead atoms. The van der Waals surface area contributed by atoms with Crippen molar-refractivity contribution in [2.45, 2.75) is 0 Å². The Hall–Kier alpha value is -1.65. The highest BCUT2D eigenvalue weighted by molar-refractivity contribution is 6.31. The average molecular weight is 151 g/mol. The lowest BCUT2D eigenvalue weighted by Crippen LogP contribution is -2.36.